The van der Waals surface area contributed by atoms with Crippen LogP contribution >= 0.6 is 0 Å². The van der Waals surface area contributed by atoms with Gasteiger partial charge in [0.1, 0.15) is 10.7 Å². The number of hydrogen-bond acceptors (Lipinski definition) is 3. The Kier molecular flexibility index (Phi) is 2.00. The van der Waals surface area contributed by atoms with Crippen molar-refractivity contribution >= 4 is 10.9 Å². The molecule has 1 N–H and O–H groups in total. The number of benzene rings is 1. The zero-order valence-electron chi connectivity index (χ0n) is 8.71. The molecule has 0 fully saturated rings. The molecular weight excluding hydrogens is 210 g/mol. The molecule has 16 heavy (non-hydrogen) atoms. The summed E-state index contributed by atoms with van der Waals surface area (Å²) in [6.45, 7) is 0.152. The fourth-order valence-electron chi connectivity index (χ4n) is 1.57. The second-order valence-electron chi connectivity index (χ2n) is 3.35. The number of para-hydroxylation sites is 1. The van der Waals surface area contributed by atoms with Gasteiger partial charge in [-0.25, -0.2) is 4.63 Å². The summed E-state index contributed by atoms with van der Waals surface area (Å²) in [7, 11) is 1.56. The van der Waals surface area contributed by atoms with Gasteiger partial charge in [-0.2, -0.15) is 0 Å². The van der Waals surface area contributed by atoms with Crippen molar-refractivity contribution < 1.29 is 14.2 Å². The first-order valence-corrected chi connectivity index (χ1v) is 4.86. The van der Waals surface area contributed by atoms with Gasteiger partial charge in [-0.15, -0.1) is 0 Å². The summed E-state index contributed by atoms with van der Waals surface area (Å²) in [6.07, 6.45) is 1.86. The highest BCUT2D eigenvalue weighted by molar-refractivity contribution is 5.87. The van der Waals surface area contributed by atoms with E-state index in [9.17, 15) is 0 Å². The maximum atomic E-state index is 5.12. The number of nitrogens with zero attached hydrogens (tertiary/aromatic N) is 2. The SMILES string of the molecule is COCOn1on1-c1c[nH]c2ccccc12. The van der Waals surface area contributed by atoms with Crippen LogP contribution in [-0.2, 0) is 4.74 Å². The number of aromatic amines is 1. The van der Waals surface area contributed by atoms with Crippen LogP contribution in [0.25, 0.3) is 16.6 Å². The molecule has 0 amide bonds. The Labute approximate surface area is 90.8 Å². The van der Waals surface area contributed by atoms with E-state index in [-0.39, 0.29) is 6.79 Å². The van der Waals surface area contributed by atoms with Crippen LogP contribution in [0, 0.1) is 0 Å². The molecule has 0 spiro atoms. The lowest BCUT2D eigenvalue weighted by Crippen LogP contribution is -2.09. The van der Waals surface area contributed by atoms with Gasteiger partial charge >= 0.3 is 0 Å². The minimum absolute atomic E-state index is 0.152. The van der Waals surface area contributed by atoms with Crippen molar-refractivity contribution in [2.45, 2.75) is 0 Å². The van der Waals surface area contributed by atoms with Gasteiger partial charge in [0.2, 0.25) is 6.79 Å². The summed E-state index contributed by atoms with van der Waals surface area (Å²) in [5, 5.41) is 2.34. The van der Waals surface area contributed by atoms with Crippen molar-refractivity contribution in [3.8, 4) is 5.69 Å². The lowest BCUT2D eigenvalue weighted by molar-refractivity contribution is -0.0647. The molecule has 0 aliphatic carbocycles. The number of aromatic nitrogens is 3. The third-order valence-corrected chi connectivity index (χ3v) is 2.33. The summed E-state index contributed by atoms with van der Waals surface area (Å²) in [6, 6.07) is 7.97. The van der Waals surface area contributed by atoms with Crippen LogP contribution in [0.15, 0.2) is 35.1 Å². The Balaban J connectivity index is 1.92. The normalized spacial score (nSPS) is 11.3. The molecule has 6 heteroatoms. The molecule has 84 valence electrons. The average Bonchev–Trinajstić information content (AvgIpc) is 2.96. The molecule has 0 atom stereocenters. The Hall–Kier alpha value is -2.08. The fourth-order valence-corrected chi connectivity index (χ4v) is 1.57. The summed E-state index contributed by atoms with van der Waals surface area (Å²) < 4.78 is 9.88. The lowest BCUT2D eigenvalue weighted by atomic mass is 10.2. The minimum Gasteiger partial charge on any atom is -0.359 e. The third-order valence-electron chi connectivity index (χ3n) is 2.33. The van der Waals surface area contributed by atoms with E-state index in [1.165, 1.54) is 9.87 Å². The quantitative estimate of drug-likeness (QED) is 0.677. The molecule has 0 aliphatic heterocycles. The van der Waals surface area contributed by atoms with Crippen molar-refractivity contribution in [1.82, 2.24) is 14.9 Å². The Morgan fingerprint density at radius 1 is 1.38 bits per heavy atom. The number of hydrogen-bond donors (Lipinski definition) is 1. The van der Waals surface area contributed by atoms with Crippen molar-refractivity contribution in [1.29, 1.82) is 0 Å². The molecule has 3 aromatic rings. The fraction of sp³-hybridized carbons (Fsp3) is 0.200. The van der Waals surface area contributed by atoms with Crippen LogP contribution in [0.5, 0.6) is 0 Å². The molecule has 1 aromatic carbocycles. The monoisotopic (exact) mass is 221 g/mol. The molecule has 2 heterocycles. The Morgan fingerprint density at radius 3 is 3.12 bits per heavy atom. The van der Waals surface area contributed by atoms with Gasteiger partial charge < -0.3 is 14.6 Å². The lowest BCUT2D eigenvalue weighted by Gasteiger charge is -1.93. The minimum atomic E-state index is 0.152. The summed E-state index contributed by atoms with van der Waals surface area (Å²) >= 11 is 0. The first-order chi connectivity index (χ1) is 7.90. The first kappa shape index (κ1) is 9.17. The van der Waals surface area contributed by atoms with Crippen LogP contribution in [0.3, 0.4) is 0 Å². The van der Waals surface area contributed by atoms with Gasteiger partial charge in [0.15, 0.2) is 0 Å². The second kappa shape index (κ2) is 3.49. The predicted octanol–water partition coefficient (Wildman–Crippen LogP) is 1.39. The highest BCUT2D eigenvalue weighted by atomic mass is 17.0. The van der Waals surface area contributed by atoms with E-state index in [1.54, 1.807) is 7.11 Å². The van der Waals surface area contributed by atoms with E-state index in [1.807, 2.05) is 30.5 Å². The zero-order valence-corrected chi connectivity index (χ0v) is 8.71. The van der Waals surface area contributed by atoms with Gasteiger partial charge in [-0.05, 0) is 10.9 Å². The Bertz CT molecular complexity index is 586. The topological polar surface area (TPSA) is 57.2 Å². The van der Waals surface area contributed by atoms with Gasteiger partial charge in [0.05, 0.1) is 0 Å². The van der Waals surface area contributed by atoms with Crippen LogP contribution in [-0.4, -0.2) is 28.8 Å². The van der Waals surface area contributed by atoms with Crippen molar-refractivity contribution in [2.75, 3.05) is 13.9 Å². The van der Waals surface area contributed by atoms with Crippen molar-refractivity contribution in [2.24, 2.45) is 0 Å². The number of ether oxygens (including phenoxy) is 1. The number of H-pyrrole nitrogens is 1. The van der Waals surface area contributed by atoms with Crippen LogP contribution in [0.2, 0.25) is 0 Å². The van der Waals surface area contributed by atoms with E-state index < -0.39 is 0 Å². The molecule has 0 saturated heterocycles. The smallest absolute Gasteiger partial charge is 0.219 e. The average molecular weight is 221 g/mol. The highest BCUT2D eigenvalue weighted by Gasteiger charge is 2.18. The maximum Gasteiger partial charge on any atom is 0.219 e. The second-order valence-corrected chi connectivity index (χ2v) is 3.35. The predicted molar refractivity (Wildman–Crippen MR) is 56.3 cm³/mol. The van der Waals surface area contributed by atoms with E-state index in [2.05, 4.69) is 4.98 Å². The van der Waals surface area contributed by atoms with Gasteiger partial charge in [-0.3, -0.25) is 0 Å². The highest BCUT2D eigenvalue weighted by Crippen LogP contribution is 2.22. The number of rotatable bonds is 4. The molecule has 2 aromatic heterocycles. The van der Waals surface area contributed by atoms with E-state index in [0.717, 1.165) is 16.6 Å². The van der Waals surface area contributed by atoms with Crippen molar-refractivity contribution in [3.63, 3.8) is 0 Å². The van der Waals surface area contributed by atoms with Gasteiger partial charge in [0.25, 0.3) is 0 Å². The molecular formula is C10H11N3O3. The molecule has 0 aliphatic rings. The van der Waals surface area contributed by atoms with Gasteiger partial charge in [-0.1, -0.05) is 18.2 Å². The van der Waals surface area contributed by atoms with Crippen molar-refractivity contribution in [3.05, 3.63) is 30.5 Å². The summed E-state index contributed by atoms with van der Waals surface area (Å²) in [5.74, 6) is 0. The van der Waals surface area contributed by atoms with Crippen LogP contribution in [0.4, 0.5) is 0 Å². The zero-order chi connectivity index (χ0) is 11.0. The van der Waals surface area contributed by atoms with E-state index in [4.69, 9.17) is 14.2 Å². The first-order valence-electron chi connectivity index (χ1n) is 4.86. The number of fused-ring (bicyclic) bond motifs is 1. The van der Waals surface area contributed by atoms with Crippen LogP contribution < -0.4 is 4.84 Å². The molecule has 0 radical (unpaired) electrons. The van der Waals surface area contributed by atoms with E-state index in [0.29, 0.717) is 0 Å². The molecule has 0 unspecified atom stereocenters. The standard InChI is InChI=1S/C10H11N3O3/c1-14-7-15-13-12(16-13)10-6-11-9-5-3-2-4-8(9)10/h2-6,11H,7H2,1H3. The Morgan fingerprint density at radius 2 is 2.25 bits per heavy atom. The van der Waals surface area contributed by atoms with Crippen LogP contribution in [0.1, 0.15) is 0 Å². The maximum absolute atomic E-state index is 5.12. The van der Waals surface area contributed by atoms with E-state index >= 15 is 0 Å². The summed E-state index contributed by atoms with van der Waals surface area (Å²) in [4.78, 5) is 9.78. The summed E-state index contributed by atoms with van der Waals surface area (Å²) in [5.41, 5.74) is 1.96. The number of nitrogens with one attached hydrogen (secondary N) is 1. The molecule has 0 saturated carbocycles. The molecule has 6 nitrogen and oxygen atoms in total. The molecule has 3 rings (SSSR count). The van der Waals surface area contributed by atoms with Gasteiger partial charge in [0, 0.05) is 24.2 Å². The largest absolute Gasteiger partial charge is 0.359 e. The molecule has 0 bridgehead atoms. The number of methoxy groups -OCH3 is 1. The third kappa shape index (κ3) is 1.40.